The van der Waals surface area contributed by atoms with Crippen LogP contribution in [0.2, 0.25) is 0 Å². The lowest BCUT2D eigenvalue weighted by Gasteiger charge is -2.06. The fraction of sp³-hybridized carbons (Fsp3) is 0.100. The van der Waals surface area contributed by atoms with Crippen LogP contribution in [-0.4, -0.2) is 24.3 Å². The van der Waals surface area contributed by atoms with Crippen molar-refractivity contribution in [1.82, 2.24) is 5.43 Å². The molecule has 2 N–H and O–H groups in total. The maximum atomic E-state index is 12.3. The molecule has 0 unspecified atom stereocenters. The number of nitrogens with one attached hydrogen (secondary N) is 1. The Morgan fingerprint density at radius 2 is 1.84 bits per heavy atom. The normalized spacial score (nSPS) is 11.0. The third-order valence-electron chi connectivity index (χ3n) is 3.92. The van der Waals surface area contributed by atoms with E-state index in [9.17, 15) is 9.90 Å². The Balaban J connectivity index is 1.77. The predicted octanol–water partition coefficient (Wildman–Crippen LogP) is 3.63. The molecule has 3 rings (SSSR count). The lowest BCUT2D eigenvalue weighted by molar-refractivity contribution is 0.0952. The zero-order valence-electron chi connectivity index (χ0n) is 14.0. The number of phenols is 1. The van der Waals surface area contributed by atoms with Crippen LogP contribution >= 0.6 is 0 Å². The Morgan fingerprint density at radius 3 is 2.56 bits per heavy atom. The Labute approximate surface area is 145 Å². The summed E-state index contributed by atoms with van der Waals surface area (Å²) in [6, 6.07) is 16.3. The van der Waals surface area contributed by atoms with Gasteiger partial charge in [0.15, 0.2) is 0 Å². The maximum Gasteiger partial charge on any atom is 0.275 e. The minimum Gasteiger partial charge on any atom is -0.507 e. The Morgan fingerprint density at radius 1 is 1.12 bits per heavy atom. The van der Waals surface area contributed by atoms with Gasteiger partial charge in [0.25, 0.3) is 5.91 Å². The number of rotatable bonds is 4. The van der Waals surface area contributed by atoms with Gasteiger partial charge in [-0.15, -0.1) is 0 Å². The van der Waals surface area contributed by atoms with Crippen molar-refractivity contribution in [3.8, 4) is 11.5 Å². The van der Waals surface area contributed by atoms with E-state index in [1.807, 2.05) is 49.4 Å². The van der Waals surface area contributed by atoms with Crippen LogP contribution in [0, 0.1) is 6.92 Å². The molecule has 0 aromatic heterocycles. The zero-order valence-corrected chi connectivity index (χ0v) is 14.0. The highest BCUT2D eigenvalue weighted by molar-refractivity contribution is 6.01. The molecule has 0 saturated carbocycles. The summed E-state index contributed by atoms with van der Waals surface area (Å²) in [5, 5.41) is 15.8. The van der Waals surface area contributed by atoms with Gasteiger partial charge in [-0.25, -0.2) is 5.43 Å². The van der Waals surface area contributed by atoms with Gasteiger partial charge in [-0.3, -0.25) is 4.79 Å². The van der Waals surface area contributed by atoms with Gasteiger partial charge < -0.3 is 9.84 Å². The van der Waals surface area contributed by atoms with E-state index in [1.165, 1.54) is 6.21 Å². The number of hydrogen-bond donors (Lipinski definition) is 2. The number of carbonyl (C=O) groups is 1. The largest absolute Gasteiger partial charge is 0.507 e. The second kappa shape index (κ2) is 7.05. The molecule has 0 fully saturated rings. The molecule has 5 heteroatoms. The van der Waals surface area contributed by atoms with Gasteiger partial charge in [0.05, 0.1) is 18.9 Å². The van der Waals surface area contributed by atoms with Crippen LogP contribution in [-0.2, 0) is 0 Å². The molecule has 25 heavy (non-hydrogen) atoms. The van der Waals surface area contributed by atoms with E-state index in [1.54, 1.807) is 19.2 Å². The van der Waals surface area contributed by atoms with Crippen molar-refractivity contribution >= 4 is 22.9 Å². The number of nitrogens with zero attached hydrogens (tertiary/aromatic N) is 1. The molecule has 0 saturated heterocycles. The number of fused-ring (bicyclic) bond motifs is 1. The van der Waals surface area contributed by atoms with Crippen molar-refractivity contribution in [2.24, 2.45) is 5.10 Å². The molecular formula is C20H18N2O3. The number of methoxy groups -OCH3 is 1. The summed E-state index contributed by atoms with van der Waals surface area (Å²) >= 11 is 0. The van der Waals surface area contributed by atoms with Gasteiger partial charge in [0.2, 0.25) is 0 Å². The topological polar surface area (TPSA) is 70.9 Å². The summed E-state index contributed by atoms with van der Waals surface area (Å²) in [7, 11) is 1.60. The lowest BCUT2D eigenvalue weighted by Crippen LogP contribution is -2.17. The van der Waals surface area contributed by atoms with E-state index < -0.39 is 5.91 Å². The molecule has 0 aliphatic heterocycles. The smallest absolute Gasteiger partial charge is 0.275 e. The molecule has 0 aliphatic carbocycles. The van der Waals surface area contributed by atoms with Crippen LogP contribution in [0.25, 0.3) is 10.8 Å². The first-order valence-electron chi connectivity index (χ1n) is 7.78. The van der Waals surface area contributed by atoms with Gasteiger partial charge in [-0.05, 0) is 47.0 Å². The van der Waals surface area contributed by atoms with Crippen LogP contribution in [0.3, 0.4) is 0 Å². The first-order valence-corrected chi connectivity index (χ1v) is 7.78. The fourth-order valence-electron chi connectivity index (χ4n) is 2.55. The molecular weight excluding hydrogens is 316 g/mol. The number of hydrogen-bond acceptors (Lipinski definition) is 4. The number of aromatic hydroxyl groups is 1. The van der Waals surface area contributed by atoms with Crippen LogP contribution in [0.4, 0.5) is 0 Å². The number of aryl methyl sites for hydroxylation is 1. The average molecular weight is 334 g/mol. The number of phenolic OH excluding ortho intramolecular Hbond substituents is 1. The second-order valence-corrected chi connectivity index (χ2v) is 5.64. The summed E-state index contributed by atoms with van der Waals surface area (Å²) in [5.41, 5.74) is 4.43. The Kier molecular flexibility index (Phi) is 4.66. The van der Waals surface area contributed by atoms with Crippen LogP contribution in [0.5, 0.6) is 11.5 Å². The first kappa shape index (κ1) is 16.5. The van der Waals surface area contributed by atoms with Gasteiger partial charge >= 0.3 is 0 Å². The predicted molar refractivity (Wildman–Crippen MR) is 98.4 cm³/mol. The van der Waals surface area contributed by atoms with Crippen molar-refractivity contribution in [2.45, 2.75) is 6.92 Å². The van der Waals surface area contributed by atoms with Crippen molar-refractivity contribution in [2.75, 3.05) is 7.11 Å². The van der Waals surface area contributed by atoms with Crippen molar-refractivity contribution in [3.63, 3.8) is 0 Å². The average Bonchev–Trinajstić information content (AvgIpc) is 2.62. The van der Waals surface area contributed by atoms with Gasteiger partial charge in [0.1, 0.15) is 11.5 Å². The maximum absolute atomic E-state index is 12.3. The molecule has 0 aliphatic rings. The summed E-state index contributed by atoms with van der Waals surface area (Å²) in [6.45, 7) is 1.95. The first-order chi connectivity index (χ1) is 12.1. The van der Waals surface area contributed by atoms with E-state index >= 15 is 0 Å². The quantitative estimate of drug-likeness (QED) is 0.565. The number of carbonyl (C=O) groups excluding carboxylic acids is 1. The minimum absolute atomic E-state index is 0.0802. The van der Waals surface area contributed by atoms with Crippen LogP contribution < -0.4 is 10.2 Å². The van der Waals surface area contributed by atoms with Crippen LogP contribution in [0.1, 0.15) is 21.5 Å². The third kappa shape index (κ3) is 3.61. The Bertz CT molecular complexity index is 964. The standard InChI is InChI=1S/C20H18N2O3/c1-13-7-8-14(9-19(13)25-2)12-21-22-20(24)17-10-15-5-3-4-6-16(15)11-18(17)23/h3-12,23H,1-2H3,(H,22,24)/b21-12+. The number of amides is 1. The number of benzene rings is 3. The van der Waals surface area contributed by atoms with Crippen LogP contribution in [0.15, 0.2) is 59.7 Å². The second-order valence-electron chi connectivity index (χ2n) is 5.64. The van der Waals surface area contributed by atoms with Crippen molar-refractivity contribution in [3.05, 3.63) is 71.3 Å². The molecule has 0 radical (unpaired) electrons. The van der Waals surface area contributed by atoms with E-state index in [0.29, 0.717) is 0 Å². The van der Waals surface area contributed by atoms with Gasteiger partial charge in [-0.2, -0.15) is 5.10 Å². The van der Waals surface area contributed by atoms with E-state index in [2.05, 4.69) is 10.5 Å². The van der Waals surface area contributed by atoms with Gasteiger partial charge in [-0.1, -0.05) is 36.4 Å². The highest BCUT2D eigenvalue weighted by atomic mass is 16.5. The lowest BCUT2D eigenvalue weighted by atomic mass is 10.1. The summed E-state index contributed by atoms with van der Waals surface area (Å²) in [6.07, 6.45) is 1.53. The van der Waals surface area contributed by atoms with Gasteiger partial charge in [0, 0.05) is 0 Å². The molecule has 1 amide bonds. The molecule has 5 nitrogen and oxygen atoms in total. The molecule has 3 aromatic rings. The SMILES string of the molecule is COc1cc(/C=N/NC(=O)c2cc3ccccc3cc2O)ccc1C. The number of hydrazone groups is 1. The highest BCUT2D eigenvalue weighted by Gasteiger charge is 2.11. The van der Waals surface area contributed by atoms with E-state index in [4.69, 9.17) is 4.74 Å². The van der Waals surface area contributed by atoms with E-state index in [-0.39, 0.29) is 11.3 Å². The molecule has 0 atom stereocenters. The molecule has 0 heterocycles. The minimum atomic E-state index is -0.474. The molecule has 0 bridgehead atoms. The van der Waals surface area contributed by atoms with E-state index in [0.717, 1.165) is 27.6 Å². The molecule has 126 valence electrons. The monoisotopic (exact) mass is 334 g/mol. The molecule has 0 spiro atoms. The zero-order chi connectivity index (χ0) is 17.8. The summed E-state index contributed by atoms with van der Waals surface area (Å²) in [5.74, 6) is 0.199. The van der Waals surface area contributed by atoms with Crippen molar-refractivity contribution in [1.29, 1.82) is 0 Å². The summed E-state index contributed by atoms with van der Waals surface area (Å²) in [4.78, 5) is 12.3. The Hall–Kier alpha value is -3.34. The number of ether oxygens (including phenoxy) is 1. The summed E-state index contributed by atoms with van der Waals surface area (Å²) < 4.78 is 5.26. The van der Waals surface area contributed by atoms with Crippen molar-refractivity contribution < 1.29 is 14.6 Å². The highest BCUT2D eigenvalue weighted by Crippen LogP contribution is 2.24. The molecule has 3 aromatic carbocycles. The third-order valence-corrected chi connectivity index (χ3v) is 3.92. The fourth-order valence-corrected chi connectivity index (χ4v) is 2.55.